The largest absolute Gasteiger partial charge is 0.465 e. The van der Waals surface area contributed by atoms with E-state index in [9.17, 15) is 9.59 Å². The Kier molecular flexibility index (Phi) is 6.41. The van der Waals surface area contributed by atoms with Crippen LogP contribution >= 0.6 is 0 Å². The van der Waals surface area contributed by atoms with Crippen LogP contribution < -0.4 is 5.32 Å². The van der Waals surface area contributed by atoms with Crippen molar-refractivity contribution in [3.05, 3.63) is 59.9 Å². The molecule has 0 radical (unpaired) electrons. The summed E-state index contributed by atoms with van der Waals surface area (Å²) in [4.78, 5) is 30.5. The molecule has 0 aliphatic heterocycles. The maximum atomic E-state index is 13.0. The standard InChI is InChI=1S/C21H25N3O3/c1-27-20(25)17-7-9-18(10-8-17)23-21(26)24(19-5-3-2-4-6-19)15-16-11-13-22-14-12-16/h7-14,19H,2-6,15H2,1H3,(H,23,26). The second-order valence-corrected chi connectivity index (χ2v) is 6.77. The maximum Gasteiger partial charge on any atom is 0.337 e. The third kappa shape index (κ3) is 5.06. The fraction of sp³-hybridized carbons (Fsp3) is 0.381. The van der Waals surface area contributed by atoms with Crippen molar-refractivity contribution in [1.82, 2.24) is 9.88 Å². The first-order valence-corrected chi connectivity index (χ1v) is 9.32. The molecule has 1 fully saturated rings. The summed E-state index contributed by atoms with van der Waals surface area (Å²) in [6.07, 6.45) is 9.09. The number of aromatic nitrogens is 1. The Morgan fingerprint density at radius 2 is 1.74 bits per heavy atom. The van der Waals surface area contributed by atoms with Crippen LogP contribution in [0.5, 0.6) is 0 Å². The van der Waals surface area contributed by atoms with Crippen molar-refractivity contribution in [2.75, 3.05) is 12.4 Å². The van der Waals surface area contributed by atoms with Crippen LogP contribution in [0.1, 0.15) is 48.0 Å². The van der Waals surface area contributed by atoms with Gasteiger partial charge in [-0.25, -0.2) is 9.59 Å². The number of nitrogens with one attached hydrogen (secondary N) is 1. The van der Waals surface area contributed by atoms with Gasteiger partial charge in [0, 0.05) is 30.7 Å². The number of anilines is 1. The minimum absolute atomic E-state index is 0.121. The highest BCUT2D eigenvalue weighted by Gasteiger charge is 2.25. The summed E-state index contributed by atoms with van der Waals surface area (Å²) in [7, 11) is 1.35. The van der Waals surface area contributed by atoms with Gasteiger partial charge in [0.25, 0.3) is 0 Å². The van der Waals surface area contributed by atoms with E-state index in [2.05, 4.69) is 10.3 Å². The molecule has 3 rings (SSSR count). The van der Waals surface area contributed by atoms with Gasteiger partial charge in [0.15, 0.2) is 0 Å². The fourth-order valence-electron chi connectivity index (χ4n) is 3.45. The predicted octanol–water partition coefficient (Wildman–Crippen LogP) is 4.24. The lowest BCUT2D eigenvalue weighted by Gasteiger charge is -2.34. The number of benzene rings is 1. The van der Waals surface area contributed by atoms with E-state index < -0.39 is 5.97 Å². The van der Waals surface area contributed by atoms with Gasteiger partial charge in [-0.15, -0.1) is 0 Å². The zero-order valence-electron chi connectivity index (χ0n) is 15.6. The van der Waals surface area contributed by atoms with Gasteiger partial charge < -0.3 is 15.0 Å². The Morgan fingerprint density at radius 3 is 2.37 bits per heavy atom. The van der Waals surface area contributed by atoms with Crippen molar-refractivity contribution >= 4 is 17.7 Å². The molecule has 1 heterocycles. The van der Waals surface area contributed by atoms with Gasteiger partial charge in [0.1, 0.15) is 0 Å². The number of hydrogen-bond acceptors (Lipinski definition) is 4. The van der Waals surface area contributed by atoms with Gasteiger partial charge in [0.05, 0.1) is 12.7 Å². The van der Waals surface area contributed by atoms with E-state index in [1.807, 2.05) is 17.0 Å². The first kappa shape index (κ1) is 18.9. The van der Waals surface area contributed by atoms with Gasteiger partial charge >= 0.3 is 12.0 Å². The van der Waals surface area contributed by atoms with Gasteiger partial charge in [0.2, 0.25) is 0 Å². The SMILES string of the molecule is COC(=O)c1ccc(NC(=O)N(Cc2ccncc2)C2CCCCC2)cc1. The van der Waals surface area contributed by atoms with Crippen LogP contribution in [0, 0.1) is 0 Å². The van der Waals surface area contributed by atoms with Crippen LogP contribution in [0.3, 0.4) is 0 Å². The molecule has 1 aromatic carbocycles. The fourth-order valence-corrected chi connectivity index (χ4v) is 3.45. The molecule has 0 bridgehead atoms. The number of urea groups is 1. The molecule has 1 N–H and O–H groups in total. The number of nitrogens with zero attached hydrogens (tertiary/aromatic N) is 2. The highest BCUT2D eigenvalue weighted by atomic mass is 16.5. The quantitative estimate of drug-likeness (QED) is 0.803. The summed E-state index contributed by atoms with van der Waals surface area (Å²) < 4.78 is 4.70. The van der Waals surface area contributed by atoms with Gasteiger partial charge in [-0.05, 0) is 54.8 Å². The van der Waals surface area contributed by atoms with E-state index >= 15 is 0 Å². The summed E-state index contributed by atoms with van der Waals surface area (Å²) in [5.41, 5.74) is 2.17. The zero-order chi connectivity index (χ0) is 19.1. The smallest absolute Gasteiger partial charge is 0.337 e. The number of rotatable bonds is 5. The summed E-state index contributed by atoms with van der Waals surface area (Å²) >= 11 is 0. The highest BCUT2D eigenvalue weighted by molar-refractivity contribution is 5.92. The number of methoxy groups -OCH3 is 1. The second kappa shape index (κ2) is 9.16. The summed E-state index contributed by atoms with van der Waals surface area (Å²) in [5, 5.41) is 2.96. The van der Waals surface area contributed by atoms with Gasteiger partial charge in [-0.3, -0.25) is 4.98 Å². The van der Waals surface area contributed by atoms with Gasteiger partial charge in [-0.2, -0.15) is 0 Å². The van der Waals surface area contributed by atoms with E-state index in [0.717, 1.165) is 31.2 Å². The minimum atomic E-state index is -0.394. The van der Waals surface area contributed by atoms with Crippen LogP contribution in [0.15, 0.2) is 48.8 Å². The van der Waals surface area contributed by atoms with Crippen LogP contribution in [0.4, 0.5) is 10.5 Å². The molecule has 1 aliphatic carbocycles. The molecule has 1 aliphatic rings. The molecule has 0 unspecified atom stereocenters. The third-order valence-corrected chi connectivity index (χ3v) is 4.94. The Bertz CT molecular complexity index is 756. The lowest BCUT2D eigenvalue weighted by molar-refractivity contribution is 0.0600. The lowest BCUT2D eigenvalue weighted by Crippen LogP contribution is -2.43. The van der Waals surface area contributed by atoms with Crippen molar-refractivity contribution in [2.45, 2.75) is 44.7 Å². The molecular formula is C21H25N3O3. The Labute approximate surface area is 159 Å². The molecule has 0 saturated heterocycles. The van der Waals surface area contributed by atoms with Crippen molar-refractivity contribution in [3.63, 3.8) is 0 Å². The molecule has 27 heavy (non-hydrogen) atoms. The second-order valence-electron chi connectivity index (χ2n) is 6.77. The summed E-state index contributed by atoms with van der Waals surface area (Å²) in [6, 6.07) is 10.7. The number of hydrogen-bond donors (Lipinski definition) is 1. The number of esters is 1. The maximum absolute atomic E-state index is 13.0. The molecular weight excluding hydrogens is 342 g/mol. The third-order valence-electron chi connectivity index (χ3n) is 4.94. The topological polar surface area (TPSA) is 71.5 Å². The Balaban J connectivity index is 1.72. The molecule has 6 heteroatoms. The molecule has 0 spiro atoms. The molecule has 0 atom stereocenters. The predicted molar refractivity (Wildman–Crippen MR) is 103 cm³/mol. The lowest BCUT2D eigenvalue weighted by atomic mass is 9.94. The number of ether oxygens (including phenoxy) is 1. The Morgan fingerprint density at radius 1 is 1.07 bits per heavy atom. The molecule has 1 aromatic heterocycles. The van der Waals surface area contributed by atoms with E-state index in [1.54, 1.807) is 36.7 Å². The van der Waals surface area contributed by atoms with Crippen molar-refractivity contribution in [2.24, 2.45) is 0 Å². The monoisotopic (exact) mass is 367 g/mol. The average molecular weight is 367 g/mol. The number of carbonyl (C=O) groups is 2. The Hall–Kier alpha value is -2.89. The zero-order valence-corrected chi connectivity index (χ0v) is 15.6. The molecule has 6 nitrogen and oxygen atoms in total. The first-order valence-electron chi connectivity index (χ1n) is 9.32. The normalized spacial score (nSPS) is 14.4. The molecule has 2 aromatic rings. The van der Waals surface area contributed by atoms with E-state index in [4.69, 9.17) is 4.74 Å². The van der Waals surface area contributed by atoms with Crippen LogP contribution in [-0.2, 0) is 11.3 Å². The van der Waals surface area contributed by atoms with Crippen molar-refractivity contribution in [3.8, 4) is 0 Å². The molecule has 2 amide bonds. The molecule has 1 saturated carbocycles. The van der Waals surface area contributed by atoms with Crippen molar-refractivity contribution in [1.29, 1.82) is 0 Å². The van der Waals surface area contributed by atoms with E-state index in [-0.39, 0.29) is 12.1 Å². The highest BCUT2D eigenvalue weighted by Crippen LogP contribution is 2.25. The van der Waals surface area contributed by atoms with E-state index in [0.29, 0.717) is 17.8 Å². The number of amides is 2. The summed E-state index contributed by atoms with van der Waals surface area (Å²) in [5.74, 6) is -0.394. The average Bonchev–Trinajstić information content (AvgIpc) is 2.73. The minimum Gasteiger partial charge on any atom is -0.465 e. The van der Waals surface area contributed by atoms with Gasteiger partial charge in [-0.1, -0.05) is 19.3 Å². The van der Waals surface area contributed by atoms with Crippen molar-refractivity contribution < 1.29 is 14.3 Å². The van der Waals surface area contributed by atoms with Crippen LogP contribution in [0.2, 0.25) is 0 Å². The number of carbonyl (C=O) groups excluding carboxylic acids is 2. The molecule has 142 valence electrons. The summed E-state index contributed by atoms with van der Waals surface area (Å²) in [6.45, 7) is 0.555. The number of pyridine rings is 1. The first-order chi connectivity index (χ1) is 13.2. The van der Waals surface area contributed by atoms with Crippen LogP contribution in [-0.4, -0.2) is 35.0 Å². The van der Waals surface area contributed by atoms with E-state index in [1.165, 1.54) is 13.5 Å². The van der Waals surface area contributed by atoms with Crippen LogP contribution in [0.25, 0.3) is 0 Å².